The molecule has 2 saturated carbocycles. The van der Waals surface area contributed by atoms with Crippen molar-refractivity contribution in [1.82, 2.24) is 0 Å². The molecule has 129 valence electrons. The second-order valence-corrected chi connectivity index (χ2v) is 8.27. The van der Waals surface area contributed by atoms with Crippen molar-refractivity contribution in [1.29, 1.82) is 0 Å². The Morgan fingerprint density at radius 3 is 2.14 bits per heavy atom. The van der Waals surface area contributed by atoms with E-state index in [-0.39, 0.29) is 5.92 Å². The van der Waals surface area contributed by atoms with Crippen LogP contribution in [0, 0.1) is 23.7 Å². The number of alkyl halides is 6. The number of rotatable bonds is 3. The summed E-state index contributed by atoms with van der Waals surface area (Å²) >= 11 is 7.80. The second-order valence-electron chi connectivity index (χ2n) is 6.71. The van der Waals surface area contributed by atoms with Gasteiger partial charge in [0.25, 0.3) is 0 Å². The molecule has 22 heavy (non-hydrogen) atoms. The zero-order chi connectivity index (χ0) is 16.4. The van der Waals surface area contributed by atoms with E-state index >= 15 is 0 Å². The Hall–Kier alpha value is 0.490. The van der Waals surface area contributed by atoms with Gasteiger partial charge in [0.05, 0.1) is 0 Å². The van der Waals surface area contributed by atoms with Gasteiger partial charge in [-0.3, -0.25) is 0 Å². The lowest BCUT2D eigenvalue weighted by atomic mass is 9.68. The topological polar surface area (TPSA) is 0 Å². The van der Waals surface area contributed by atoms with Crippen molar-refractivity contribution in [3.8, 4) is 0 Å². The molecule has 0 spiro atoms. The van der Waals surface area contributed by atoms with Crippen molar-refractivity contribution in [3.63, 3.8) is 0 Å². The average Bonchev–Trinajstić information content (AvgIpc) is 2.36. The molecule has 0 aromatic rings. The van der Waals surface area contributed by atoms with Gasteiger partial charge in [0.2, 0.25) is 0 Å². The molecular weight excluding hydrogens is 384 g/mol. The van der Waals surface area contributed by atoms with Crippen LogP contribution < -0.4 is 0 Å². The van der Waals surface area contributed by atoms with E-state index in [0.29, 0.717) is 32.1 Å². The molecule has 2 rings (SSSR count). The molecule has 0 bridgehead atoms. The van der Waals surface area contributed by atoms with Gasteiger partial charge < -0.3 is 0 Å². The van der Waals surface area contributed by atoms with E-state index in [0.717, 1.165) is 38.0 Å². The van der Waals surface area contributed by atoms with Crippen LogP contribution in [0.2, 0.25) is 0 Å². The third kappa shape index (κ3) is 4.99. The van der Waals surface area contributed by atoms with Gasteiger partial charge in [0, 0.05) is 11.8 Å². The normalized spacial score (nSPS) is 33.3. The molecule has 0 amide bonds. The Labute approximate surface area is 143 Å². The summed E-state index contributed by atoms with van der Waals surface area (Å²) in [6.45, 7) is 0. The molecule has 0 saturated heterocycles. The molecule has 0 aliphatic heterocycles. The molecule has 3 unspecified atom stereocenters. The first-order valence-corrected chi connectivity index (χ1v) is 9.35. The molecule has 6 heteroatoms. The van der Waals surface area contributed by atoms with Crippen LogP contribution in [0.15, 0.2) is 0 Å². The lowest BCUT2D eigenvalue weighted by Crippen LogP contribution is -2.36. The zero-order valence-corrected chi connectivity index (χ0v) is 14.9. The smallest absolute Gasteiger partial charge is 0.193 e. The van der Waals surface area contributed by atoms with Crippen molar-refractivity contribution in [2.75, 3.05) is 0 Å². The van der Waals surface area contributed by atoms with Gasteiger partial charge >= 0.3 is 10.2 Å². The summed E-state index contributed by atoms with van der Waals surface area (Å²) in [5.74, 6) is -0.720. The summed E-state index contributed by atoms with van der Waals surface area (Å²) in [5, 5.41) is -3.21. The van der Waals surface area contributed by atoms with E-state index in [1.165, 1.54) is 0 Å². The van der Waals surface area contributed by atoms with Gasteiger partial charge in [-0.15, -0.1) is 0 Å². The summed E-state index contributed by atoms with van der Waals surface area (Å²) in [7, 11) is 0. The van der Waals surface area contributed by atoms with E-state index < -0.39 is 22.0 Å². The first kappa shape index (κ1) is 18.8. The summed E-state index contributed by atoms with van der Waals surface area (Å²) in [5.41, 5.74) is 0. The molecule has 0 N–H and O–H groups in total. The van der Waals surface area contributed by atoms with Crippen LogP contribution in [0.1, 0.15) is 64.2 Å². The monoisotopic (exact) mass is 405 g/mol. The number of hydrogen-bond acceptors (Lipinski definition) is 0. The Bertz CT molecular complexity index is 353. The van der Waals surface area contributed by atoms with Gasteiger partial charge in [-0.1, -0.05) is 25.7 Å². The number of halogens is 6. The fourth-order valence-electron chi connectivity index (χ4n) is 4.07. The highest BCUT2D eigenvalue weighted by atomic mass is 79.9. The maximum atomic E-state index is 13.7. The minimum Gasteiger partial charge on any atom is -0.193 e. The number of hydrogen-bond donors (Lipinski definition) is 0. The van der Waals surface area contributed by atoms with Crippen LogP contribution in [0.4, 0.5) is 17.6 Å². The highest BCUT2D eigenvalue weighted by Crippen LogP contribution is 2.50. The maximum absolute atomic E-state index is 13.7. The van der Waals surface area contributed by atoms with Crippen molar-refractivity contribution in [2.45, 2.75) is 74.4 Å². The molecule has 2 aliphatic carbocycles. The second kappa shape index (κ2) is 7.58. The van der Waals surface area contributed by atoms with Crippen molar-refractivity contribution < 1.29 is 17.6 Å². The summed E-state index contributed by atoms with van der Waals surface area (Å²) < 4.78 is 54.4. The highest BCUT2D eigenvalue weighted by Gasteiger charge is 2.47. The SMILES string of the molecule is FC(F)(Cl)C1CCCC[C]1C1CCCCC(C(F)(F)Br)CC1. The van der Waals surface area contributed by atoms with E-state index in [1.807, 2.05) is 0 Å². The van der Waals surface area contributed by atoms with Gasteiger partial charge in [-0.05, 0) is 77.9 Å². The highest BCUT2D eigenvalue weighted by molar-refractivity contribution is 9.10. The third-order valence-corrected chi connectivity index (χ3v) is 6.17. The standard InChI is InChI=1S/C16H23BrClF4/c17-15(19,20)12-6-2-1-5-11(9-10-12)13-7-3-4-8-14(13)16(18,21)22/h11-12,14H,1-10H2. The average molecular weight is 407 g/mol. The largest absolute Gasteiger partial charge is 0.325 e. The molecule has 0 aromatic heterocycles. The van der Waals surface area contributed by atoms with Gasteiger partial charge in [-0.2, -0.15) is 17.6 Å². The molecule has 2 fully saturated rings. The van der Waals surface area contributed by atoms with Gasteiger partial charge in [0.1, 0.15) is 0 Å². The first-order valence-electron chi connectivity index (χ1n) is 8.18. The van der Waals surface area contributed by atoms with Gasteiger partial charge in [0.15, 0.2) is 0 Å². The molecule has 1 radical (unpaired) electrons. The fraction of sp³-hybridized carbons (Fsp3) is 0.938. The third-order valence-electron chi connectivity index (χ3n) is 5.26. The molecule has 0 heterocycles. The van der Waals surface area contributed by atoms with E-state index in [2.05, 4.69) is 15.9 Å². The Morgan fingerprint density at radius 2 is 1.50 bits per heavy atom. The van der Waals surface area contributed by atoms with Crippen LogP contribution in [0.25, 0.3) is 0 Å². The van der Waals surface area contributed by atoms with Crippen LogP contribution in [-0.2, 0) is 0 Å². The molecule has 0 nitrogen and oxygen atoms in total. The minimum absolute atomic E-state index is 0.0209. The fourth-order valence-corrected chi connectivity index (χ4v) is 4.78. The van der Waals surface area contributed by atoms with Gasteiger partial charge in [-0.25, -0.2) is 0 Å². The van der Waals surface area contributed by atoms with Crippen LogP contribution in [0.3, 0.4) is 0 Å². The van der Waals surface area contributed by atoms with Crippen molar-refractivity contribution in [3.05, 3.63) is 5.92 Å². The van der Waals surface area contributed by atoms with Crippen molar-refractivity contribution >= 4 is 27.5 Å². The summed E-state index contributed by atoms with van der Waals surface area (Å²) in [6, 6.07) is 0. The predicted octanol–water partition coefficient (Wildman–Crippen LogP) is 7.16. The minimum atomic E-state index is -3.21. The molecule has 3 atom stereocenters. The lowest BCUT2D eigenvalue weighted by molar-refractivity contribution is 0.00605. The Kier molecular flexibility index (Phi) is 6.49. The van der Waals surface area contributed by atoms with E-state index in [1.54, 1.807) is 0 Å². The van der Waals surface area contributed by atoms with Crippen molar-refractivity contribution in [2.24, 2.45) is 17.8 Å². The zero-order valence-electron chi connectivity index (χ0n) is 12.6. The maximum Gasteiger partial charge on any atom is 0.325 e. The van der Waals surface area contributed by atoms with Crippen LogP contribution in [-0.4, -0.2) is 10.2 Å². The quantitative estimate of drug-likeness (QED) is 0.344. The summed E-state index contributed by atoms with van der Waals surface area (Å²) in [4.78, 5) is -2.86. The van der Waals surface area contributed by atoms with E-state index in [9.17, 15) is 17.6 Å². The van der Waals surface area contributed by atoms with E-state index in [4.69, 9.17) is 11.6 Å². The Morgan fingerprint density at radius 1 is 0.864 bits per heavy atom. The van der Waals surface area contributed by atoms with Crippen LogP contribution in [0.5, 0.6) is 0 Å². The first-order chi connectivity index (χ1) is 10.2. The summed E-state index contributed by atoms with van der Waals surface area (Å²) in [6.07, 6.45) is 6.62. The lowest BCUT2D eigenvalue weighted by Gasteiger charge is -2.40. The molecular formula is C16H23BrClF4. The Balaban J connectivity index is 2.05. The predicted molar refractivity (Wildman–Crippen MR) is 84.6 cm³/mol. The molecule has 0 aromatic carbocycles. The molecule has 2 aliphatic rings. The van der Waals surface area contributed by atoms with Crippen LogP contribution >= 0.6 is 27.5 Å².